The quantitative estimate of drug-likeness (QED) is 0.763. The monoisotopic (exact) mass is 260 g/mol. The zero-order chi connectivity index (χ0) is 14.3. The van der Waals surface area contributed by atoms with Gasteiger partial charge < -0.3 is 11.1 Å². The molecule has 0 saturated carbocycles. The van der Waals surface area contributed by atoms with E-state index in [4.69, 9.17) is 11.0 Å². The number of carbonyl (C=O) groups excluding carboxylic acids is 1. The zero-order valence-corrected chi connectivity index (χ0v) is 11.4. The Balaban J connectivity index is 2.57. The molecule has 0 aliphatic rings. The van der Waals surface area contributed by atoms with Crippen molar-refractivity contribution < 1.29 is 4.79 Å². The van der Waals surface area contributed by atoms with Crippen molar-refractivity contribution in [1.29, 1.82) is 5.26 Å². The Morgan fingerprint density at radius 2 is 2.26 bits per heavy atom. The second kappa shape index (κ2) is 7.39. The average molecular weight is 260 g/mol. The first-order chi connectivity index (χ1) is 9.06. The molecule has 1 amide bonds. The Kier molecular flexibility index (Phi) is 5.83. The van der Waals surface area contributed by atoms with E-state index in [1.807, 2.05) is 30.9 Å². The molecule has 1 aromatic carbocycles. The number of hydrogen-bond acceptors (Lipinski definition) is 4. The first kappa shape index (κ1) is 15.0. The van der Waals surface area contributed by atoms with Crippen LogP contribution in [0.4, 0.5) is 11.4 Å². The van der Waals surface area contributed by atoms with Crippen molar-refractivity contribution in [3.05, 3.63) is 23.8 Å². The van der Waals surface area contributed by atoms with Crippen molar-refractivity contribution >= 4 is 17.3 Å². The van der Waals surface area contributed by atoms with Gasteiger partial charge in [-0.05, 0) is 31.2 Å². The van der Waals surface area contributed by atoms with Crippen LogP contribution < -0.4 is 11.1 Å². The molecule has 0 atom stereocenters. The minimum Gasteiger partial charge on any atom is -0.397 e. The summed E-state index contributed by atoms with van der Waals surface area (Å²) in [6.45, 7) is 5.52. The first-order valence-corrected chi connectivity index (χ1v) is 6.32. The van der Waals surface area contributed by atoms with Gasteiger partial charge in [0.2, 0.25) is 5.91 Å². The van der Waals surface area contributed by atoms with Gasteiger partial charge in [0.1, 0.15) is 0 Å². The van der Waals surface area contributed by atoms with Gasteiger partial charge >= 0.3 is 0 Å². The maximum atomic E-state index is 11.9. The Bertz CT molecular complexity index is 479. The van der Waals surface area contributed by atoms with Crippen LogP contribution in [0.3, 0.4) is 0 Å². The van der Waals surface area contributed by atoms with Crippen molar-refractivity contribution in [2.24, 2.45) is 0 Å². The fraction of sp³-hybridized carbons (Fsp3) is 0.429. The summed E-state index contributed by atoms with van der Waals surface area (Å²) < 4.78 is 0. The number of nitrogens with one attached hydrogen (secondary N) is 1. The number of nitriles is 1. The molecular formula is C14H20N4O. The van der Waals surface area contributed by atoms with E-state index in [9.17, 15) is 4.79 Å². The zero-order valence-electron chi connectivity index (χ0n) is 11.4. The molecule has 3 N–H and O–H groups in total. The fourth-order valence-corrected chi connectivity index (χ4v) is 1.75. The average Bonchev–Trinajstić information content (AvgIpc) is 2.38. The van der Waals surface area contributed by atoms with E-state index < -0.39 is 0 Å². The van der Waals surface area contributed by atoms with E-state index in [1.165, 1.54) is 0 Å². The van der Waals surface area contributed by atoms with Crippen molar-refractivity contribution in [2.45, 2.75) is 20.3 Å². The van der Waals surface area contributed by atoms with Crippen LogP contribution in [0.15, 0.2) is 18.2 Å². The van der Waals surface area contributed by atoms with E-state index in [1.54, 1.807) is 6.07 Å². The first-order valence-electron chi connectivity index (χ1n) is 6.32. The third-order valence-electron chi connectivity index (χ3n) is 2.84. The van der Waals surface area contributed by atoms with Crippen LogP contribution >= 0.6 is 0 Å². The molecule has 0 aromatic heterocycles. The molecule has 5 heteroatoms. The van der Waals surface area contributed by atoms with E-state index >= 15 is 0 Å². The molecule has 5 nitrogen and oxygen atoms in total. The Labute approximate surface area is 114 Å². The molecule has 1 aromatic rings. The highest BCUT2D eigenvalue weighted by Gasteiger charge is 2.10. The molecule has 0 spiro atoms. The van der Waals surface area contributed by atoms with Crippen molar-refractivity contribution in [3.8, 4) is 6.07 Å². The number of likely N-dealkylation sites (N-methyl/N-ethyl adjacent to an activating group) is 1. The third-order valence-corrected chi connectivity index (χ3v) is 2.84. The number of anilines is 2. The van der Waals surface area contributed by atoms with Crippen LogP contribution in [-0.4, -0.2) is 30.4 Å². The molecule has 0 radical (unpaired) electrons. The summed E-state index contributed by atoms with van der Waals surface area (Å²) in [5, 5.41) is 11.3. The Hall–Kier alpha value is -2.06. The van der Waals surface area contributed by atoms with Crippen LogP contribution in [0.1, 0.15) is 18.9 Å². The van der Waals surface area contributed by atoms with Gasteiger partial charge in [0, 0.05) is 13.0 Å². The number of aryl methyl sites for hydroxylation is 1. The molecule has 0 aliphatic heterocycles. The molecule has 0 fully saturated rings. The highest BCUT2D eigenvalue weighted by molar-refractivity contribution is 5.95. The largest absolute Gasteiger partial charge is 0.397 e. The second-order valence-electron chi connectivity index (χ2n) is 4.42. The minimum absolute atomic E-state index is 0.115. The molecule has 1 rings (SSSR count). The molecule has 0 unspecified atom stereocenters. The molecule has 102 valence electrons. The van der Waals surface area contributed by atoms with E-state index in [0.29, 0.717) is 24.3 Å². The third kappa shape index (κ3) is 4.98. The lowest BCUT2D eigenvalue weighted by atomic mass is 10.2. The molecule has 0 aliphatic carbocycles. The number of rotatable bonds is 6. The van der Waals surface area contributed by atoms with Crippen LogP contribution in [0.2, 0.25) is 0 Å². The van der Waals surface area contributed by atoms with Crippen LogP contribution in [-0.2, 0) is 4.79 Å². The summed E-state index contributed by atoms with van der Waals surface area (Å²) in [5.41, 5.74) is 8.09. The Morgan fingerprint density at radius 3 is 2.84 bits per heavy atom. The SMILES string of the molecule is CCN(CCC#N)CC(=O)Nc1ccc(C)cc1N. The number of nitrogens with zero attached hydrogens (tertiary/aromatic N) is 2. The standard InChI is InChI=1S/C14H20N4O/c1-3-18(8-4-7-15)10-14(19)17-13-6-5-11(2)9-12(13)16/h5-6,9H,3-4,8,10,16H2,1-2H3,(H,17,19). The number of carbonyl (C=O) groups is 1. The number of nitrogen functional groups attached to an aromatic ring is 1. The van der Waals surface area contributed by atoms with Crippen molar-refractivity contribution in [2.75, 3.05) is 30.7 Å². The maximum absolute atomic E-state index is 11.9. The number of hydrogen-bond donors (Lipinski definition) is 2. The highest BCUT2D eigenvalue weighted by atomic mass is 16.2. The smallest absolute Gasteiger partial charge is 0.238 e. The lowest BCUT2D eigenvalue weighted by Crippen LogP contribution is -2.33. The van der Waals surface area contributed by atoms with Crippen molar-refractivity contribution in [1.82, 2.24) is 4.90 Å². The molecule has 0 bridgehead atoms. The van der Waals surface area contributed by atoms with Crippen molar-refractivity contribution in [3.63, 3.8) is 0 Å². The lowest BCUT2D eigenvalue weighted by Gasteiger charge is -2.18. The summed E-state index contributed by atoms with van der Waals surface area (Å²) >= 11 is 0. The summed E-state index contributed by atoms with van der Waals surface area (Å²) in [6, 6.07) is 7.60. The van der Waals surface area contributed by atoms with Gasteiger partial charge in [0.05, 0.1) is 24.0 Å². The predicted octanol–water partition coefficient (Wildman–Crippen LogP) is 1.75. The number of amides is 1. The maximum Gasteiger partial charge on any atom is 0.238 e. The second-order valence-corrected chi connectivity index (χ2v) is 4.42. The van der Waals surface area contributed by atoms with Crippen LogP contribution in [0.5, 0.6) is 0 Å². The summed E-state index contributed by atoms with van der Waals surface area (Å²) in [4.78, 5) is 13.8. The minimum atomic E-state index is -0.115. The fourth-order valence-electron chi connectivity index (χ4n) is 1.75. The lowest BCUT2D eigenvalue weighted by molar-refractivity contribution is -0.117. The van der Waals surface area contributed by atoms with E-state index in [0.717, 1.165) is 12.1 Å². The van der Waals surface area contributed by atoms with Crippen LogP contribution in [0, 0.1) is 18.3 Å². The molecule has 19 heavy (non-hydrogen) atoms. The van der Waals surface area contributed by atoms with Gasteiger partial charge in [-0.2, -0.15) is 5.26 Å². The normalized spacial score (nSPS) is 10.2. The van der Waals surface area contributed by atoms with Gasteiger partial charge in [0.15, 0.2) is 0 Å². The molecule has 0 heterocycles. The summed E-state index contributed by atoms with van der Waals surface area (Å²) in [7, 11) is 0. The van der Waals surface area contributed by atoms with Gasteiger partial charge in [-0.1, -0.05) is 13.0 Å². The van der Waals surface area contributed by atoms with E-state index in [-0.39, 0.29) is 12.5 Å². The number of benzene rings is 1. The van der Waals surface area contributed by atoms with Crippen LogP contribution in [0.25, 0.3) is 0 Å². The molecular weight excluding hydrogens is 240 g/mol. The summed E-state index contributed by atoms with van der Waals surface area (Å²) in [5.74, 6) is -0.115. The Morgan fingerprint density at radius 1 is 1.53 bits per heavy atom. The van der Waals surface area contributed by atoms with Gasteiger partial charge in [-0.3, -0.25) is 9.69 Å². The van der Waals surface area contributed by atoms with Gasteiger partial charge in [-0.25, -0.2) is 0 Å². The topological polar surface area (TPSA) is 82.2 Å². The van der Waals surface area contributed by atoms with Gasteiger partial charge in [0.25, 0.3) is 0 Å². The highest BCUT2D eigenvalue weighted by Crippen LogP contribution is 2.19. The van der Waals surface area contributed by atoms with E-state index in [2.05, 4.69) is 11.4 Å². The predicted molar refractivity (Wildman–Crippen MR) is 76.6 cm³/mol. The summed E-state index contributed by atoms with van der Waals surface area (Å²) in [6.07, 6.45) is 0.424. The number of nitrogens with two attached hydrogens (primary N) is 1. The van der Waals surface area contributed by atoms with Gasteiger partial charge in [-0.15, -0.1) is 0 Å². The molecule has 0 saturated heterocycles.